The van der Waals surface area contributed by atoms with Crippen LogP contribution in [0.3, 0.4) is 0 Å². The van der Waals surface area contributed by atoms with Crippen molar-refractivity contribution in [2.45, 2.75) is 114 Å². The van der Waals surface area contributed by atoms with E-state index in [9.17, 15) is 0 Å². The molecule has 3 heterocycles. The molecule has 53 heavy (non-hydrogen) atoms. The van der Waals surface area contributed by atoms with E-state index in [2.05, 4.69) is 57.6 Å². The third-order valence-corrected chi connectivity index (χ3v) is 14.7. The minimum Gasteiger partial charge on any atom is -0.501 e. The first-order valence-corrected chi connectivity index (χ1v) is 26.8. The van der Waals surface area contributed by atoms with Gasteiger partial charge in [0.15, 0.2) is 0 Å². The quantitative estimate of drug-likeness (QED) is 0.113. The number of nitrogens with zero attached hydrogens (tertiary/aromatic N) is 2. The first-order valence-electron chi connectivity index (χ1n) is 21.9. The summed E-state index contributed by atoms with van der Waals surface area (Å²) < 4.78 is 51.5. The summed E-state index contributed by atoms with van der Waals surface area (Å²) in [6.45, 7) is 3.88. The van der Waals surface area contributed by atoms with Crippen molar-refractivity contribution in [2.24, 2.45) is 11.8 Å². The number of furan rings is 1. The van der Waals surface area contributed by atoms with Gasteiger partial charge in [-0.1, -0.05) is 86.1 Å². The van der Waals surface area contributed by atoms with Gasteiger partial charge < -0.3 is 9.40 Å². The number of hydrogen-bond donors (Lipinski definition) is 0. The summed E-state index contributed by atoms with van der Waals surface area (Å²) >= 11 is -2.20. The number of hydrogen-bond acceptors (Lipinski definition) is 3. The smallest absolute Gasteiger partial charge is 0.121 e. The van der Waals surface area contributed by atoms with Gasteiger partial charge in [0.05, 0.1) is 5.58 Å². The van der Waals surface area contributed by atoms with Crippen molar-refractivity contribution in [2.75, 3.05) is 0 Å². The van der Waals surface area contributed by atoms with Crippen LogP contribution in [0.15, 0.2) is 89.6 Å². The second kappa shape index (κ2) is 18.1. The van der Waals surface area contributed by atoms with Gasteiger partial charge in [-0.05, 0) is 54.4 Å². The molecule has 6 aromatic rings. The number of pyridine rings is 2. The fraction of sp³-hybridized carbons (Fsp3) is 0.417. The molecular formula is C48H56GeIrN2O-2. The standard InChI is InChI=1S/C30H32NO.C18H24GeN.Ir/c1-3-8-21(9-4-1)18-22-16-17-31-28(19-22)27-13-7-12-26-25-15-14-24(20-29(25)32-30(26)27)23-10-5-2-6-11-23;1-14(2)11-16-12-18(15-9-7-6-8-10-15)20-13-17(16)19(3,4)5;/h7,12,14-17,19-21,23H,1-6,8-11,18H2;6-9,12-14H,11H2,1-5H3;/q2*-1;/i18D2,23D;11D2;. The Bertz CT molecular complexity index is 2330. The summed E-state index contributed by atoms with van der Waals surface area (Å²) in [5, 5.41) is 2.04. The maximum absolute atomic E-state index is 9.02. The van der Waals surface area contributed by atoms with E-state index in [0.717, 1.165) is 106 Å². The van der Waals surface area contributed by atoms with Crippen LogP contribution < -0.4 is 4.40 Å². The van der Waals surface area contributed by atoms with Crippen LogP contribution >= 0.6 is 0 Å². The average molecular weight is 947 g/mol. The molecule has 3 aromatic carbocycles. The Kier molecular flexibility index (Phi) is 11.3. The van der Waals surface area contributed by atoms with Gasteiger partial charge >= 0.3 is 128 Å². The molecule has 279 valence electrons. The Morgan fingerprint density at radius 3 is 2.32 bits per heavy atom. The van der Waals surface area contributed by atoms with Gasteiger partial charge in [-0.3, -0.25) is 0 Å². The van der Waals surface area contributed by atoms with Crippen LogP contribution in [0, 0.1) is 24.0 Å². The van der Waals surface area contributed by atoms with Gasteiger partial charge in [-0.25, -0.2) is 0 Å². The SMILES string of the molecule is [2H]C([2H])(c1cc(-c2[c-]cccc2)nc[c]1[Ge]([CH3])([CH3])[CH3])C(C)C.[2H]C1(c2ccc3c(c2)oc2c(-c4cc(C([2H])([2H])C5CCCCC5)ccn4)[c-]ccc23)CCCCC1.[Ir]. The van der Waals surface area contributed by atoms with E-state index in [1.165, 1.54) is 12.8 Å². The van der Waals surface area contributed by atoms with Gasteiger partial charge in [0.25, 0.3) is 0 Å². The van der Waals surface area contributed by atoms with Crippen molar-refractivity contribution >= 4 is 39.6 Å². The molecule has 2 aliphatic carbocycles. The maximum atomic E-state index is 9.02. The van der Waals surface area contributed by atoms with Crippen LogP contribution in [0.5, 0.6) is 0 Å². The fourth-order valence-corrected chi connectivity index (χ4v) is 10.7. The predicted octanol–water partition coefficient (Wildman–Crippen LogP) is 12.9. The van der Waals surface area contributed by atoms with Crippen molar-refractivity contribution < 1.29 is 31.4 Å². The maximum Gasteiger partial charge on any atom is 0.121 e. The number of aromatic nitrogens is 2. The van der Waals surface area contributed by atoms with Crippen LogP contribution in [-0.2, 0) is 32.9 Å². The third kappa shape index (κ3) is 9.80. The average Bonchev–Trinajstić information content (AvgIpc) is 3.60. The Hall–Kier alpha value is -3.05. The molecule has 3 nitrogen and oxygen atoms in total. The second-order valence-electron chi connectivity index (χ2n) is 15.9. The molecular weight excluding hydrogens is 885 g/mol. The molecule has 2 fully saturated rings. The molecule has 0 bridgehead atoms. The number of fused-ring (bicyclic) bond motifs is 3. The summed E-state index contributed by atoms with van der Waals surface area (Å²) in [5.41, 5.74) is 7.23. The zero-order valence-corrected chi connectivity index (χ0v) is 36.4. The number of benzene rings is 3. The van der Waals surface area contributed by atoms with Gasteiger partial charge in [0, 0.05) is 35.8 Å². The molecule has 8 rings (SSSR count). The molecule has 0 unspecified atom stereocenters. The molecule has 0 atom stereocenters. The second-order valence-corrected chi connectivity index (χ2v) is 26.5. The summed E-state index contributed by atoms with van der Waals surface area (Å²) in [6.07, 6.45) is 11.4. The topological polar surface area (TPSA) is 38.9 Å². The van der Waals surface area contributed by atoms with E-state index in [1.807, 2.05) is 74.6 Å². The van der Waals surface area contributed by atoms with Crippen molar-refractivity contribution in [1.29, 1.82) is 0 Å². The minimum absolute atomic E-state index is 0. The van der Waals surface area contributed by atoms with Crippen LogP contribution in [-0.4, -0.2) is 23.2 Å². The Morgan fingerprint density at radius 1 is 0.830 bits per heavy atom. The summed E-state index contributed by atoms with van der Waals surface area (Å²) in [4.78, 5) is 9.20. The fourth-order valence-electron chi connectivity index (χ4n) is 7.74. The first-order chi connectivity index (χ1) is 27.1. The van der Waals surface area contributed by atoms with E-state index in [1.54, 1.807) is 6.20 Å². The van der Waals surface area contributed by atoms with Gasteiger partial charge in [0.1, 0.15) is 5.58 Å². The first kappa shape index (κ1) is 33.3. The molecule has 5 heteroatoms. The molecule has 2 aliphatic rings. The minimum atomic E-state index is -2.20. The Morgan fingerprint density at radius 2 is 1.60 bits per heavy atom. The Labute approximate surface area is 341 Å². The summed E-state index contributed by atoms with van der Waals surface area (Å²) in [6, 6.07) is 30.0. The van der Waals surface area contributed by atoms with Crippen LogP contribution in [0.1, 0.15) is 107 Å². The van der Waals surface area contributed by atoms with E-state index >= 15 is 0 Å². The number of rotatable bonds is 8. The van der Waals surface area contributed by atoms with Crippen LogP contribution in [0.4, 0.5) is 0 Å². The normalized spacial score (nSPS) is 18.2. The molecule has 0 aliphatic heterocycles. The largest absolute Gasteiger partial charge is 0.501 e. The zero-order chi connectivity index (χ0) is 40.6. The van der Waals surface area contributed by atoms with Crippen molar-refractivity contribution in [1.82, 2.24) is 9.97 Å². The Balaban J connectivity index is 0.000000214. The van der Waals surface area contributed by atoms with Gasteiger partial charge in [0.2, 0.25) is 0 Å². The molecule has 2 saturated carbocycles. The molecule has 0 amide bonds. The molecule has 0 N–H and O–H groups in total. The summed E-state index contributed by atoms with van der Waals surface area (Å²) in [7, 11) is 0. The molecule has 3 aromatic heterocycles. The van der Waals surface area contributed by atoms with E-state index in [-0.39, 0.29) is 31.9 Å². The third-order valence-electron chi connectivity index (χ3n) is 10.4. The van der Waals surface area contributed by atoms with Crippen molar-refractivity contribution in [3.8, 4) is 22.5 Å². The monoisotopic (exact) mass is 948 g/mol. The van der Waals surface area contributed by atoms with E-state index in [4.69, 9.17) is 11.3 Å². The predicted molar refractivity (Wildman–Crippen MR) is 222 cm³/mol. The van der Waals surface area contributed by atoms with Crippen LogP contribution in [0.25, 0.3) is 44.5 Å². The summed E-state index contributed by atoms with van der Waals surface area (Å²) in [5.74, 6) is 6.29. The van der Waals surface area contributed by atoms with Crippen LogP contribution in [0.2, 0.25) is 17.3 Å². The zero-order valence-electron chi connectivity index (χ0n) is 36.9. The van der Waals surface area contributed by atoms with Gasteiger partial charge in [-0.2, -0.15) is 0 Å². The van der Waals surface area contributed by atoms with E-state index < -0.39 is 31.9 Å². The molecule has 0 spiro atoms. The van der Waals surface area contributed by atoms with E-state index in [0.29, 0.717) is 11.3 Å². The molecule has 1 radical (unpaired) electrons. The van der Waals surface area contributed by atoms with Crippen molar-refractivity contribution in [3.05, 3.63) is 114 Å². The van der Waals surface area contributed by atoms with Gasteiger partial charge in [-0.15, -0.1) is 18.2 Å². The molecule has 0 saturated heterocycles. The van der Waals surface area contributed by atoms with Crippen molar-refractivity contribution in [3.63, 3.8) is 0 Å².